The van der Waals surface area contributed by atoms with Crippen LogP contribution in [0.25, 0.3) is 10.9 Å². The van der Waals surface area contributed by atoms with E-state index in [9.17, 15) is 13.2 Å². The number of nitrogens with zero attached hydrogens (tertiary/aromatic N) is 3. The van der Waals surface area contributed by atoms with E-state index >= 15 is 0 Å². The second-order valence-electron chi connectivity index (χ2n) is 8.04. The van der Waals surface area contributed by atoms with Gasteiger partial charge in [-0.1, -0.05) is 20.3 Å². The van der Waals surface area contributed by atoms with Crippen LogP contribution in [0.4, 0.5) is 0 Å². The van der Waals surface area contributed by atoms with Crippen LogP contribution in [0.3, 0.4) is 0 Å². The molecule has 166 valence electrons. The zero-order valence-electron chi connectivity index (χ0n) is 18.5. The first-order valence-corrected chi connectivity index (χ1v) is 12.4. The monoisotopic (exact) mass is 434 g/mol. The average molecular weight is 435 g/mol. The Bertz CT molecular complexity index is 995. The number of nitrogens with one attached hydrogen (secondary N) is 1. The van der Waals surface area contributed by atoms with E-state index in [2.05, 4.69) is 17.1 Å². The Morgan fingerprint density at radius 3 is 2.60 bits per heavy atom. The molecule has 1 aliphatic heterocycles. The maximum Gasteiger partial charge on any atom is 0.267 e. The molecule has 7 nitrogen and oxygen atoms in total. The SMILES string of the molecule is CCN(CC)S(=O)(=O)c1ccc2c(c1)cc(C(=O)NCCN1CCCCC1C)n2C. The molecule has 1 aromatic carbocycles. The number of carbonyl (C=O) groups is 1. The largest absolute Gasteiger partial charge is 0.349 e. The molecule has 0 aliphatic carbocycles. The topological polar surface area (TPSA) is 74.7 Å². The number of rotatable bonds is 8. The highest BCUT2D eigenvalue weighted by atomic mass is 32.2. The lowest BCUT2D eigenvalue weighted by molar-refractivity contribution is 0.0931. The summed E-state index contributed by atoms with van der Waals surface area (Å²) < 4.78 is 28.9. The van der Waals surface area contributed by atoms with Crippen LogP contribution in [0.15, 0.2) is 29.2 Å². The Balaban J connectivity index is 1.75. The highest BCUT2D eigenvalue weighted by Crippen LogP contribution is 2.24. The average Bonchev–Trinajstić information content (AvgIpc) is 3.06. The first-order chi connectivity index (χ1) is 14.3. The van der Waals surface area contributed by atoms with Gasteiger partial charge in [-0.3, -0.25) is 9.69 Å². The fraction of sp³-hybridized carbons (Fsp3) is 0.591. The Hall–Kier alpha value is -1.90. The second kappa shape index (κ2) is 9.49. The number of benzene rings is 1. The van der Waals surface area contributed by atoms with Crippen molar-refractivity contribution in [3.63, 3.8) is 0 Å². The van der Waals surface area contributed by atoms with Crippen LogP contribution in [-0.4, -0.2) is 66.9 Å². The number of piperidine rings is 1. The number of carbonyl (C=O) groups excluding carboxylic acids is 1. The minimum absolute atomic E-state index is 0.133. The first-order valence-electron chi connectivity index (χ1n) is 10.9. The van der Waals surface area contributed by atoms with Gasteiger partial charge >= 0.3 is 0 Å². The molecule has 2 heterocycles. The summed E-state index contributed by atoms with van der Waals surface area (Å²) >= 11 is 0. The summed E-state index contributed by atoms with van der Waals surface area (Å²) in [7, 11) is -1.69. The van der Waals surface area contributed by atoms with Gasteiger partial charge in [0.1, 0.15) is 5.69 Å². The van der Waals surface area contributed by atoms with E-state index in [1.54, 1.807) is 24.3 Å². The fourth-order valence-corrected chi connectivity index (χ4v) is 5.81. The van der Waals surface area contributed by atoms with Crippen LogP contribution < -0.4 is 5.32 Å². The zero-order chi connectivity index (χ0) is 21.9. The van der Waals surface area contributed by atoms with Gasteiger partial charge < -0.3 is 9.88 Å². The van der Waals surface area contributed by atoms with Gasteiger partial charge in [-0.2, -0.15) is 4.31 Å². The lowest BCUT2D eigenvalue weighted by atomic mass is 10.0. The summed E-state index contributed by atoms with van der Waals surface area (Å²) in [6.45, 7) is 9.30. The van der Waals surface area contributed by atoms with Crippen LogP contribution >= 0.6 is 0 Å². The van der Waals surface area contributed by atoms with Crippen molar-refractivity contribution in [2.75, 3.05) is 32.7 Å². The number of sulfonamides is 1. The predicted molar refractivity (Wildman–Crippen MR) is 120 cm³/mol. The molecule has 1 N–H and O–H groups in total. The van der Waals surface area contributed by atoms with Gasteiger partial charge in [0, 0.05) is 50.2 Å². The van der Waals surface area contributed by atoms with E-state index in [0.29, 0.717) is 31.4 Å². The number of aromatic nitrogens is 1. The predicted octanol–water partition coefficient (Wildman–Crippen LogP) is 2.81. The van der Waals surface area contributed by atoms with Gasteiger partial charge in [-0.25, -0.2) is 8.42 Å². The van der Waals surface area contributed by atoms with Gasteiger partial charge in [0.05, 0.1) is 4.90 Å². The van der Waals surface area contributed by atoms with Gasteiger partial charge in [-0.15, -0.1) is 0 Å². The molecule has 1 amide bonds. The van der Waals surface area contributed by atoms with Crippen LogP contribution in [0.1, 0.15) is 50.5 Å². The van der Waals surface area contributed by atoms with E-state index in [1.807, 2.05) is 25.5 Å². The first kappa shape index (κ1) is 22.8. The molecule has 8 heteroatoms. The van der Waals surface area contributed by atoms with Gasteiger partial charge in [0.15, 0.2) is 0 Å². The highest BCUT2D eigenvalue weighted by molar-refractivity contribution is 7.89. The molecule has 1 aliphatic rings. The number of likely N-dealkylation sites (tertiary alicyclic amines) is 1. The Morgan fingerprint density at radius 2 is 1.93 bits per heavy atom. The standard InChI is InChI=1S/C22H34N4O3S/c1-5-26(6-2)30(28,29)19-10-11-20-18(15-19)16-21(24(20)4)22(27)23-12-14-25-13-8-7-9-17(25)3/h10-11,15-17H,5-9,12-14H2,1-4H3,(H,23,27). The number of amides is 1. The van der Waals surface area contributed by atoms with E-state index < -0.39 is 10.0 Å². The summed E-state index contributed by atoms with van der Waals surface area (Å²) in [5.74, 6) is -0.133. The van der Waals surface area contributed by atoms with E-state index in [1.165, 1.54) is 23.6 Å². The van der Waals surface area contributed by atoms with Crippen molar-refractivity contribution in [2.45, 2.75) is 51.0 Å². The summed E-state index contributed by atoms with van der Waals surface area (Å²) in [6.07, 6.45) is 3.72. The maximum atomic E-state index is 12.8. The Labute approximate surface area is 180 Å². The molecule has 0 radical (unpaired) electrons. The second-order valence-corrected chi connectivity index (χ2v) is 9.97. The molecule has 0 bridgehead atoms. The van der Waals surface area contributed by atoms with Crippen LogP contribution in [0.5, 0.6) is 0 Å². The molecule has 1 saturated heterocycles. The van der Waals surface area contributed by atoms with Crippen molar-refractivity contribution in [3.05, 3.63) is 30.0 Å². The molecule has 0 spiro atoms. The van der Waals surface area contributed by atoms with Crippen LogP contribution in [0, 0.1) is 0 Å². The van der Waals surface area contributed by atoms with E-state index in [4.69, 9.17) is 0 Å². The molecule has 1 unspecified atom stereocenters. The summed E-state index contributed by atoms with van der Waals surface area (Å²) in [5.41, 5.74) is 1.37. The number of hydrogen-bond donors (Lipinski definition) is 1. The molecule has 3 rings (SSSR count). The van der Waals surface area contributed by atoms with Crippen LogP contribution in [0.2, 0.25) is 0 Å². The smallest absolute Gasteiger partial charge is 0.267 e. The van der Waals surface area contributed by atoms with Crippen molar-refractivity contribution < 1.29 is 13.2 Å². The molecule has 30 heavy (non-hydrogen) atoms. The van der Waals surface area contributed by atoms with E-state index in [-0.39, 0.29) is 10.8 Å². The van der Waals surface area contributed by atoms with Crippen molar-refractivity contribution in [1.29, 1.82) is 0 Å². The fourth-order valence-electron chi connectivity index (χ4n) is 4.31. The Morgan fingerprint density at radius 1 is 1.20 bits per heavy atom. The zero-order valence-corrected chi connectivity index (χ0v) is 19.3. The molecular weight excluding hydrogens is 400 g/mol. The molecule has 1 atom stereocenters. The molecule has 0 saturated carbocycles. The van der Waals surface area contributed by atoms with Gasteiger partial charge in [0.2, 0.25) is 10.0 Å². The normalized spacial score (nSPS) is 18.2. The number of aryl methyl sites for hydroxylation is 1. The minimum Gasteiger partial charge on any atom is -0.349 e. The van der Waals surface area contributed by atoms with Crippen molar-refractivity contribution >= 4 is 26.8 Å². The number of hydrogen-bond acceptors (Lipinski definition) is 4. The molecule has 2 aromatic rings. The third-order valence-electron chi connectivity index (χ3n) is 6.21. The van der Waals surface area contributed by atoms with Crippen molar-refractivity contribution in [2.24, 2.45) is 7.05 Å². The maximum absolute atomic E-state index is 12.8. The third kappa shape index (κ3) is 4.55. The lowest BCUT2D eigenvalue weighted by Gasteiger charge is -2.33. The highest BCUT2D eigenvalue weighted by Gasteiger charge is 2.23. The van der Waals surface area contributed by atoms with Gasteiger partial charge in [0.25, 0.3) is 5.91 Å². The van der Waals surface area contributed by atoms with Crippen LogP contribution in [-0.2, 0) is 17.1 Å². The molecule has 1 aromatic heterocycles. The van der Waals surface area contributed by atoms with Gasteiger partial charge in [-0.05, 0) is 50.6 Å². The van der Waals surface area contributed by atoms with Crippen molar-refractivity contribution in [1.82, 2.24) is 19.1 Å². The minimum atomic E-state index is -3.53. The quantitative estimate of drug-likeness (QED) is 0.693. The van der Waals surface area contributed by atoms with Crippen molar-refractivity contribution in [3.8, 4) is 0 Å². The summed E-state index contributed by atoms with van der Waals surface area (Å²) in [4.78, 5) is 15.4. The molecule has 1 fully saturated rings. The Kier molecular flexibility index (Phi) is 7.21. The third-order valence-corrected chi connectivity index (χ3v) is 8.26. The van der Waals surface area contributed by atoms with E-state index in [0.717, 1.165) is 24.0 Å². The summed E-state index contributed by atoms with van der Waals surface area (Å²) in [5, 5.41) is 3.77. The summed E-state index contributed by atoms with van der Waals surface area (Å²) in [6, 6.07) is 7.40. The lowest BCUT2D eigenvalue weighted by Crippen LogP contribution is -2.42. The number of fused-ring (bicyclic) bond motifs is 1. The molecular formula is C22H34N4O3S.